The Kier molecular flexibility index (Phi) is 6.66. The van der Waals surface area contributed by atoms with E-state index < -0.39 is 11.9 Å². The van der Waals surface area contributed by atoms with Gasteiger partial charge in [-0.15, -0.1) is 0 Å². The third-order valence-electron chi connectivity index (χ3n) is 6.49. The molecule has 0 radical (unpaired) electrons. The number of hydrogen-bond donors (Lipinski definition) is 1. The van der Waals surface area contributed by atoms with Crippen LogP contribution in [0.2, 0.25) is 0 Å². The number of nitrogens with one attached hydrogen (secondary N) is 1. The Morgan fingerprint density at radius 2 is 2.00 bits per heavy atom. The second kappa shape index (κ2) is 9.82. The molecule has 0 bridgehead atoms. The quantitative estimate of drug-likeness (QED) is 0.676. The van der Waals surface area contributed by atoms with Crippen LogP contribution in [-0.4, -0.2) is 77.3 Å². The number of amidine groups is 1. The number of carbonyl (C=O) groups excluding carboxylic acids is 2. The number of aliphatic imine (C=N–C) groups is 1. The average molecular weight is 474 g/mol. The first-order valence-corrected chi connectivity index (χ1v) is 12.4. The summed E-state index contributed by atoms with van der Waals surface area (Å²) in [6, 6.07) is 4.34. The summed E-state index contributed by atoms with van der Waals surface area (Å²) in [6.07, 6.45) is 6.58. The van der Waals surface area contributed by atoms with Gasteiger partial charge in [-0.05, 0) is 81.2 Å². The molecule has 1 atom stereocenters. The zero-order chi connectivity index (χ0) is 22.8. The van der Waals surface area contributed by atoms with Crippen molar-refractivity contribution in [3.63, 3.8) is 0 Å². The van der Waals surface area contributed by atoms with Gasteiger partial charge in [0.15, 0.2) is 5.17 Å². The Bertz CT molecular complexity index is 988. The van der Waals surface area contributed by atoms with Gasteiger partial charge in [0.2, 0.25) is 0 Å². The Morgan fingerprint density at radius 1 is 1.18 bits per heavy atom. The minimum absolute atomic E-state index is 0.233. The maximum Gasteiger partial charge on any atom is 0.415 e. The molecule has 1 aromatic rings. The van der Waals surface area contributed by atoms with Gasteiger partial charge in [0.25, 0.3) is 5.91 Å². The van der Waals surface area contributed by atoms with Crippen LogP contribution in [0, 0.1) is 5.82 Å². The zero-order valence-corrected chi connectivity index (χ0v) is 19.3. The number of rotatable bonds is 3. The first kappa shape index (κ1) is 22.4. The molecule has 3 saturated heterocycles. The number of halogens is 1. The molecule has 1 N–H and O–H groups in total. The highest BCUT2D eigenvalue weighted by Gasteiger charge is 2.33. The van der Waals surface area contributed by atoms with Crippen molar-refractivity contribution in [1.82, 2.24) is 20.2 Å². The fraction of sp³-hybridized carbons (Fsp3) is 0.522. The lowest BCUT2D eigenvalue weighted by molar-refractivity contribution is -0.113. The first-order chi connectivity index (χ1) is 16.1. The molecule has 5 rings (SSSR count). The number of carbonyl (C=O) groups is 2. The van der Waals surface area contributed by atoms with Gasteiger partial charge in [-0.3, -0.25) is 14.7 Å². The number of thioether (sulfide) groups is 1. The molecule has 10 heteroatoms. The molecule has 4 aliphatic heterocycles. The van der Waals surface area contributed by atoms with Gasteiger partial charge in [-0.25, -0.2) is 14.6 Å². The third-order valence-corrected chi connectivity index (χ3v) is 7.49. The number of nitrogens with zero attached hydrogens (tertiary/aromatic N) is 4. The monoisotopic (exact) mass is 473 g/mol. The second-order valence-electron chi connectivity index (χ2n) is 8.76. The highest BCUT2D eigenvalue weighted by atomic mass is 32.2. The van der Waals surface area contributed by atoms with Crippen molar-refractivity contribution in [2.45, 2.75) is 38.1 Å². The summed E-state index contributed by atoms with van der Waals surface area (Å²) in [5, 5.41) is 2.47. The first-order valence-electron chi connectivity index (χ1n) is 11.6. The number of hydrazine groups is 1. The van der Waals surface area contributed by atoms with Crippen molar-refractivity contribution >= 4 is 35.0 Å². The van der Waals surface area contributed by atoms with Gasteiger partial charge >= 0.3 is 6.09 Å². The van der Waals surface area contributed by atoms with E-state index in [0.29, 0.717) is 34.8 Å². The summed E-state index contributed by atoms with van der Waals surface area (Å²) >= 11 is 1.24. The molecule has 4 heterocycles. The van der Waals surface area contributed by atoms with Crippen molar-refractivity contribution in [3.05, 3.63) is 34.5 Å². The highest BCUT2D eigenvalue weighted by Crippen LogP contribution is 2.33. The van der Waals surface area contributed by atoms with Gasteiger partial charge in [0.1, 0.15) is 11.6 Å². The Balaban J connectivity index is 1.27. The number of benzene rings is 1. The zero-order valence-electron chi connectivity index (χ0n) is 18.5. The summed E-state index contributed by atoms with van der Waals surface area (Å²) in [5.74, 6) is -0.611. The summed E-state index contributed by atoms with van der Waals surface area (Å²) < 4.78 is 19.7. The molecule has 0 saturated carbocycles. The van der Waals surface area contributed by atoms with E-state index in [0.717, 1.165) is 45.4 Å². The van der Waals surface area contributed by atoms with Crippen LogP contribution in [0.5, 0.6) is 5.75 Å². The van der Waals surface area contributed by atoms with Crippen LogP contribution in [0.15, 0.2) is 28.1 Å². The predicted octanol–water partition coefficient (Wildman–Crippen LogP) is 3.07. The van der Waals surface area contributed by atoms with Crippen molar-refractivity contribution in [2.75, 3.05) is 39.3 Å². The summed E-state index contributed by atoms with van der Waals surface area (Å²) in [5.41, 5.74) is 3.58. The van der Waals surface area contributed by atoms with Crippen molar-refractivity contribution in [3.8, 4) is 5.75 Å². The van der Waals surface area contributed by atoms with E-state index in [1.165, 1.54) is 42.8 Å². The van der Waals surface area contributed by atoms with Gasteiger partial charge in [0, 0.05) is 37.8 Å². The molecule has 8 nitrogen and oxygen atoms in total. The van der Waals surface area contributed by atoms with Crippen molar-refractivity contribution in [1.29, 1.82) is 0 Å². The molecule has 0 spiro atoms. The predicted molar refractivity (Wildman–Crippen MR) is 125 cm³/mol. The molecule has 4 aliphatic rings. The molecule has 0 aliphatic carbocycles. The fourth-order valence-corrected chi connectivity index (χ4v) is 5.61. The minimum Gasteiger partial charge on any atom is -0.410 e. The maximum absolute atomic E-state index is 14.0. The lowest BCUT2D eigenvalue weighted by Crippen LogP contribution is -2.45. The van der Waals surface area contributed by atoms with Crippen LogP contribution in [0.25, 0.3) is 6.08 Å². The Labute approximate surface area is 196 Å². The SMILES string of the molecule is O=C1N=C(N2CCCCN2)SC1=Cc1cc(F)ccc1OC(=O)N1CC[C@@H](N2CCCC2)C1. The van der Waals surface area contributed by atoms with Gasteiger partial charge in [-0.1, -0.05) is 0 Å². The molecule has 0 aromatic heterocycles. The maximum atomic E-state index is 14.0. The number of amides is 2. The van der Waals surface area contributed by atoms with Crippen LogP contribution < -0.4 is 10.2 Å². The summed E-state index contributed by atoms with van der Waals surface area (Å²) in [6.45, 7) is 5.09. The van der Waals surface area contributed by atoms with Crippen LogP contribution >= 0.6 is 11.8 Å². The standard InChI is InChI=1S/C23H28FN5O3S/c24-17-5-6-19(32-23(31)28-12-7-18(15-28)27-9-3-4-10-27)16(13-17)14-20-21(30)26-22(33-20)29-11-2-1-8-25-29/h5-6,13-14,18,25H,1-4,7-12,15H2/t18-/m1/s1. The van der Waals surface area contributed by atoms with Crippen LogP contribution in [-0.2, 0) is 4.79 Å². The number of likely N-dealkylation sites (tertiary alicyclic amines) is 2. The molecular formula is C23H28FN5O3S. The third kappa shape index (κ3) is 5.07. The van der Waals surface area contributed by atoms with E-state index in [4.69, 9.17) is 4.74 Å². The van der Waals surface area contributed by atoms with Gasteiger partial charge in [-0.2, -0.15) is 4.99 Å². The molecular weight excluding hydrogens is 445 g/mol. The average Bonchev–Trinajstić information content (AvgIpc) is 3.57. The topological polar surface area (TPSA) is 77.5 Å². The van der Waals surface area contributed by atoms with Gasteiger partial charge in [0.05, 0.1) is 4.91 Å². The Morgan fingerprint density at radius 3 is 2.79 bits per heavy atom. The van der Waals surface area contributed by atoms with Crippen molar-refractivity contribution < 1.29 is 18.7 Å². The highest BCUT2D eigenvalue weighted by molar-refractivity contribution is 8.18. The normalized spacial score (nSPS) is 25.2. The van der Waals surface area contributed by atoms with E-state index in [9.17, 15) is 14.0 Å². The largest absolute Gasteiger partial charge is 0.415 e. The number of hydrogen-bond acceptors (Lipinski definition) is 7. The molecule has 33 heavy (non-hydrogen) atoms. The van der Waals surface area contributed by atoms with E-state index in [-0.39, 0.29) is 11.7 Å². The van der Waals surface area contributed by atoms with Crippen molar-refractivity contribution in [2.24, 2.45) is 4.99 Å². The van der Waals surface area contributed by atoms with E-state index in [2.05, 4.69) is 15.3 Å². The molecule has 0 unspecified atom stereocenters. The van der Waals surface area contributed by atoms with Crippen LogP contribution in [0.3, 0.4) is 0 Å². The minimum atomic E-state index is -0.466. The molecule has 176 valence electrons. The van der Waals surface area contributed by atoms with Crippen LogP contribution in [0.1, 0.15) is 37.7 Å². The smallest absolute Gasteiger partial charge is 0.410 e. The molecule has 3 fully saturated rings. The van der Waals surface area contributed by atoms with E-state index in [1.54, 1.807) is 11.0 Å². The molecule has 1 aromatic carbocycles. The summed E-state index contributed by atoms with van der Waals surface area (Å²) in [7, 11) is 0. The van der Waals surface area contributed by atoms with Gasteiger partial charge < -0.3 is 9.64 Å². The lowest BCUT2D eigenvalue weighted by atomic mass is 10.2. The summed E-state index contributed by atoms with van der Waals surface area (Å²) in [4.78, 5) is 34.0. The van der Waals surface area contributed by atoms with Crippen LogP contribution in [0.4, 0.5) is 9.18 Å². The second-order valence-corrected chi connectivity index (χ2v) is 9.77. The lowest BCUT2D eigenvalue weighted by Gasteiger charge is -2.28. The Hall–Kier alpha value is -2.43. The number of ether oxygens (including phenoxy) is 1. The molecule has 2 amide bonds. The van der Waals surface area contributed by atoms with E-state index in [1.807, 2.05) is 5.01 Å². The fourth-order valence-electron chi connectivity index (χ4n) is 4.70. The van der Waals surface area contributed by atoms with E-state index >= 15 is 0 Å².